The van der Waals surface area contributed by atoms with Crippen LogP contribution in [-0.2, 0) is 0 Å². The van der Waals surface area contributed by atoms with E-state index < -0.39 is 0 Å². The van der Waals surface area contributed by atoms with E-state index in [1.54, 1.807) is 30.0 Å². The Morgan fingerprint density at radius 2 is 2.22 bits per heavy atom. The van der Waals surface area contributed by atoms with Crippen molar-refractivity contribution in [1.82, 2.24) is 15.3 Å². The van der Waals surface area contributed by atoms with Crippen molar-refractivity contribution in [3.63, 3.8) is 0 Å². The van der Waals surface area contributed by atoms with Crippen molar-refractivity contribution in [3.8, 4) is 0 Å². The van der Waals surface area contributed by atoms with Gasteiger partial charge in [0.15, 0.2) is 0 Å². The minimum absolute atomic E-state index is 0.0779. The lowest BCUT2D eigenvalue weighted by Gasteiger charge is -2.08. The summed E-state index contributed by atoms with van der Waals surface area (Å²) in [5.41, 5.74) is 0.662. The third kappa shape index (κ3) is 2.92. The average Bonchev–Trinajstić information content (AvgIpc) is 3.10. The van der Waals surface area contributed by atoms with Crippen LogP contribution in [0.15, 0.2) is 34.5 Å². The average molecular weight is 328 g/mol. The number of fused-ring (bicyclic) bond motifs is 1. The van der Waals surface area contributed by atoms with E-state index in [1.807, 2.05) is 11.4 Å². The lowest BCUT2D eigenvalue weighted by molar-refractivity contribution is 0.0953. The van der Waals surface area contributed by atoms with Crippen molar-refractivity contribution in [1.29, 1.82) is 0 Å². The third-order valence-electron chi connectivity index (χ3n) is 3.85. The zero-order valence-electron chi connectivity index (χ0n) is 12.4. The molecular weight excluding hydrogens is 312 g/mol. The van der Waals surface area contributed by atoms with Gasteiger partial charge in [0.2, 0.25) is 0 Å². The molecule has 118 valence electrons. The molecular formula is C16H16N4O2S. The summed E-state index contributed by atoms with van der Waals surface area (Å²) in [4.78, 5) is 21.6. The van der Waals surface area contributed by atoms with Crippen LogP contribution in [0.4, 0.5) is 5.82 Å². The summed E-state index contributed by atoms with van der Waals surface area (Å²) in [7, 11) is 0. The fraction of sp³-hybridized carbons (Fsp3) is 0.312. The molecule has 1 amide bonds. The molecule has 0 radical (unpaired) electrons. The van der Waals surface area contributed by atoms with E-state index in [2.05, 4.69) is 20.6 Å². The summed E-state index contributed by atoms with van der Waals surface area (Å²) in [5.74, 6) is 1.97. The van der Waals surface area contributed by atoms with Gasteiger partial charge < -0.3 is 15.1 Å². The molecule has 3 aromatic rings. The Bertz CT molecular complexity index is 837. The SMILES string of the molecule is O=C(NCCNc1ncnc2sccc12)c1ccoc1C1CC1. The smallest absolute Gasteiger partial charge is 0.254 e. The number of hydrogen-bond acceptors (Lipinski definition) is 6. The summed E-state index contributed by atoms with van der Waals surface area (Å²) in [5, 5.41) is 9.16. The molecule has 3 heterocycles. The summed E-state index contributed by atoms with van der Waals surface area (Å²) < 4.78 is 5.43. The van der Waals surface area contributed by atoms with Crippen LogP contribution in [0.5, 0.6) is 0 Å². The number of carbonyl (C=O) groups excluding carboxylic acids is 1. The molecule has 4 rings (SSSR count). The van der Waals surface area contributed by atoms with Gasteiger partial charge in [0, 0.05) is 19.0 Å². The Morgan fingerprint density at radius 1 is 1.30 bits per heavy atom. The highest BCUT2D eigenvalue weighted by Gasteiger charge is 2.31. The second kappa shape index (κ2) is 6.00. The maximum Gasteiger partial charge on any atom is 0.254 e. The van der Waals surface area contributed by atoms with Crippen LogP contribution < -0.4 is 10.6 Å². The number of furan rings is 1. The molecule has 0 atom stereocenters. The first-order chi connectivity index (χ1) is 11.3. The quantitative estimate of drug-likeness (QED) is 0.680. The molecule has 0 spiro atoms. The van der Waals surface area contributed by atoms with E-state index in [0.717, 1.165) is 34.6 Å². The zero-order chi connectivity index (χ0) is 15.6. The van der Waals surface area contributed by atoms with Gasteiger partial charge in [-0.05, 0) is 30.4 Å². The molecule has 1 aliphatic carbocycles. The summed E-state index contributed by atoms with van der Waals surface area (Å²) in [6.07, 6.45) is 5.36. The minimum atomic E-state index is -0.0779. The van der Waals surface area contributed by atoms with E-state index in [4.69, 9.17) is 4.42 Å². The number of nitrogens with one attached hydrogen (secondary N) is 2. The fourth-order valence-electron chi connectivity index (χ4n) is 2.55. The van der Waals surface area contributed by atoms with Gasteiger partial charge in [-0.2, -0.15) is 0 Å². The van der Waals surface area contributed by atoms with Gasteiger partial charge in [0.1, 0.15) is 22.7 Å². The van der Waals surface area contributed by atoms with Crippen LogP contribution in [0.3, 0.4) is 0 Å². The number of anilines is 1. The number of thiophene rings is 1. The molecule has 7 heteroatoms. The molecule has 6 nitrogen and oxygen atoms in total. The summed E-state index contributed by atoms with van der Waals surface area (Å²) in [6, 6.07) is 3.74. The van der Waals surface area contributed by atoms with E-state index in [0.29, 0.717) is 24.6 Å². The second-order valence-electron chi connectivity index (χ2n) is 5.52. The lowest BCUT2D eigenvalue weighted by atomic mass is 10.2. The Balaban J connectivity index is 1.32. The molecule has 0 bridgehead atoms. The Kier molecular flexibility index (Phi) is 3.70. The number of rotatable bonds is 6. The van der Waals surface area contributed by atoms with Crippen molar-refractivity contribution in [2.45, 2.75) is 18.8 Å². The fourth-order valence-corrected chi connectivity index (χ4v) is 3.29. The monoisotopic (exact) mass is 328 g/mol. The van der Waals surface area contributed by atoms with Crippen LogP contribution in [0.25, 0.3) is 10.2 Å². The number of carbonyl (C=O) groups is 1. The van der Waals surface area contributed by atoms with Gasteiger partial charge in [0.25, 0.3) is 5.91 Å². The number of amides is 1. The van der Waals surface area contributed by atoms with Crippen LogP contribution in [0, 0.1) is 0 Å². The summed E-state index contributed by atoms with van der Waals surface area (Å²) >= 11 is 1.58. The molecule has 1 aliphatic rings. The van der Waals surface area contributed by atoms with Crippen LogP contribution in [0.1, 0.15) is 34.9 Å². The zero-order valence-corrected chi connectivity index (χ0v) is 13.2. The Hall–Kier alpha value is -2.41. The largest absolute Gasteiger partial charge is 0.468 e. The van der Waals surface area contributed by atoms with Crippen LogP contribution >= 0.6 is 11.3 Å². The predicted molar refractivity (Wildman–Crippen MR) is 88.9 cm³/mol. The van der Waals surface area contributed by atoms with Gasteiger partial charge in [-0.15, -0.1) is 11.3 Å². The Morgan fingerprint density at radius 3 is 3.09 bits per heavy atom. The number of hydrogen-bond donors (Lipinski definition) is 2. The van der Waals surface area contributed by atoms with E-state index >= 15 is 0 Å². The number of aromatic nitrogens is 2. The molecule has 23 heavy (non-hydrogen) atoms. The number of nitrogens with zero attached hydrogens (tertiary/aromatic N) is 2. The standard InChI is InChI=1S/C16H16N4O2S/c21-15(11-3-7-22-13(11)10-1-2-10)18-6-5-17-14-12-4-8-23-16(12)20-9-19-14/h3-4,7-10H,1-2,5-6H2,(H,18,21)(H,17,19,20). The second-order valence-corrected chi connectivity index (χ2v) is 6.41. The molecule has 2 N–H and O–H groups in total. The van der Waals surface area contributed by atoms with Crippen molar-refractivity contribution in [3.05, 3.63) is 41.4 Å². The van der Waals surface area contributed by atoms with Crippen LogP contribution in [0.2, 0.25) is 0 Å². The molecule has 0 aromatic carbocycles. The maximum atomic E-state index is 12.2. The first-order valence-corrected chi connectivity index (χ1v) is 8.48. The van der Waals surface area contributed by atoms with Gasteiger partial charge in [-0.1, -0.05) is 0 Å². The van der Waals surface area contributed by atoms with Gasteiger partial charge >= 0.3 is 0 Å². The van der Waals surface area contributed by atoms with E-state index in [-0.39, 0.29) is 5.91 Å². The van der Waals surface area contributed by atoms with E-state index in [1.165, 1.54) is 0 Å². The summed E-state index contributed by atoms with van der Waals surface area (Å²) in [6.45, 7) is 1.12. The lowest BCUT2D eigenvalue weighted by Crippen LogP contribution is -2.29. The maximum absolute atomic E-state index is 12.2. The predicted octanol–water partition coefficient (Wildman–Crippen LogP) is 3.00. The highest BCUT2D eigenvalue weighted by molar-refractivity contribution is 7.16. The van der Waals surface area contributed by atoms with Gasteiger partial charge in [-0.3, -0.25) is 4.79 Å². The first kappa shape index (κ1) is 14.2. The normalized spacial score (nSPS) is 14.1. The van der Waals surface area contributed by atoms with Crippen molar-refractivity contribution in [2.24, 2.45) is 0 Å². The topological polar surface area (TPSA) is 80.0 Å². The van der Waals surface area contributed by atoms with Crippen LogP contribution in [-0.4, -0.2) is 29.0 Å². The van der Waals surface area contributed by atoms with Gasteiger partial charge in [0.05, 0.1) is 17.2 Å². The minimum Gasteiger partial charge on any atom is -0.468 e. The highest BCUT2D eigenvalue weighted by atomic mass is 32.1. The Labute approximate surface area is 136 Å². The highest BCUT2D eigenvalue weighted by Crippen LogP contribution is 2.42. The third-order valence-corrected chi connectivity index (χ3v) is 4.67. The molecule has 1 fully saturated rings. The van der Waals surface area contributed by atoms with Crippen molar-refractivity contribution in [2.75, 3.05) is 18.4 Å². The van der Waals surface area contributed by atoms with Crippen molar-refractivity contribution >= 4 is 33.3 Å². The molecule has 1 saturated carbocycles. The molecule has 3 aromatic heterocycles. The molecule has 0 saturated heterocycles. The van der Waals surface area contributed by atoms with Crippen molar-refractivity contribution < 1.29 is 9.21 Å². The van der Waals surface area contributed by atoms with Gasteiger partial charge in [-0.25, -0.2) is 9.97 Å². The molecule has 0 aliphatic heterocycles. The van der Waals surface area contributed by atoms with E-state index in [9.17, 15) is 4.79 Å². The first-order valence-electron chi connectivity index (χ1n) is 7.60. The molecule has 0 unspecified atom stereocenters.